The molecule has 1 amide bonds. The molecule has 0 saturated heterocycles. The van der Waals surface area contributed by atoms with Crippen LogP contribution in [-0.4, -0.2) is 23.9 Å². The molecular formula is C23H26N2OS. The van der Waals surface area contributed by atoms with E-state index in [1.807, 2.05) is 30.9 Å². The van der Waals surface area contributed by atoms with Gasteiger partial charge in [0.25, 0.3) is 5.91 Å². The van der Waals surface area contributed by atoms with E-state index in [2.05, 4.69) is 59.2 Å². The van der Waals surface area contributed by atoms with Crippen molar-refractivity contribution in [3.05, 3.63) is 87.6 Å². The second-order valence-electron chi connectivity index (χ2n) is 6.48. The molecular weight excluding hydrogens is 352 g/mol. The highest BCUT2D eigenvalue weighted by atomic mass is 32.1. The highest BCUT2D eigenvalue weighted by molar-refractivity contribution is 7.09. The van der Waals surface area contributed by atoms with Gasteiger partial charge in [-0.3, -0.25) is 4.79 Å². The summed E-state index contributed by atoms with van der Waals surface area (Å²) in [5.41, 5.74) is 4.36. The Morgan fingerprint density at radius 1 is 0.963 bits per heavy atom. The van der Waals surface area contributed by atoms with E-state index in [1.165, 1.54) is 16.0 Å². The van der Waals surface area contributed by atoms with Crippen LogP contribution in [0.25, 0.3) is 0 Å². The topological polar surface area (TPSA) is 32.3 Å². The van der Waals surface area contributed by atoms with Gasteiger partial charge < -0.3 is 10.2 Å². The molecule has 0 aliphatic heterocycles. The second kappa shape index (κ2) is 9.38. The van der Waals surface area contributed by atoms with Gasteiger partial charge in [-0.1, -0.05) is 30.3 Å². The Labute approximate surface area is 165 Å². The van der Waals surface area contributed by atoms with Crippen LogP contribution in [0.3, 0.4) is 0 Å². The maximum Gasteiger partial charge on any atom is 0.253 e. The molecule has 0 aliphatic carbocycles. The maximum atomic E-state index is 12.4. The van der Waals surface area contributed by atoms with Crippen LogP contribution in [0.15, 0.2) is 66.0 Å². The molecule has 0 unspecified atom stereocenters. The number of hydrogen-bond acceptors (Lipinski definition) is 3. The van der Waals surface area contributed by atoms with Crippen LogP contribution in [0, 0.1) is 0 Å². The Hall–Kier alpha value is -2.59. The van der Waals surface area contributed by atoms with Crippen molar-refractivity contribution in [3.8, 4) is 0 Å². The van der Waals surface area contributed by atoms with Gasteiger partial charge in [0, 0.05) is 35.8 Å². The molecule has 4 heteroatoms. The van der Waals surface area contributed by atoms with Crippen LogP contribution in [0.5, 0.6) is 0 Å². The third kappa shape index (κ3) is 5.20. The molecule has 0 spiro atoms. The quantitative estimate of drug-likeness (QED) is 0.566. The minimum atomic E-state index is 0.103. The van der Waals surface area contributed by atoms with Crippen molar-refractivity contribution in [2.75, 3.05) is 18.4 Å². The lowest BCUT2D eigenvalue weighted by atomic mass is 10.0. The molecule has 0 radical (unpaired) electrons. The summed E-state index contributed by atoms with van der Waals surface area (Å²) in [5, 5.41) is 5.58. The first-order chi connectivity index (χ1) is 13.2. The van der Waals surface area contributed by atoms with E-state index >= 15 is 0 Å². The van der Waals surface area contributed by atoms with E-state index in [9.17, 15) is 4.79 Å². The van der Waals surface area contributed by atoms with Gasteiger partial charge in [-0.2, -0.15) is 0 Å². The number of carbonyl (C=O) groups is 1. The summed E-state index contributed by atoms with van der Waals surface area (Å²) in [6.45, 7) is 6.35. The van der Waals surface area contributed by atoms with Crippen molar-refractivity contribution >= 4 is 22.9 Å². The number of nitrogens with zero attached hydrogens (tertiary/aromatic N) is 1. The lowest BCUT2D eigenvalue weighted by molar-refractivity contribution is 0.0773. The van der Waals surface area contributed by atoms with Crippen LogP contribution in [0.1, 0.15) is 40.2 Å². The minimum absolute atomic E-state index is 0.103. The average Bonchev–Trinajstić information content (AvgIpc) is 3.22. The summed E-state index contributed by atoms with van der Waals surface area (Å²) in [7, 11) is 0. The van der Waals surface area contributed by atoms with E-state index < -0.39 is 0 Å². The molecule has 140 valence electrons. The summed E-state index contributed by atoms with van der Waals surface area (Å²) in [6, 6.07) is 20.7. The van der Waals surface area contributed by atoms with E-state index in [0.717, 1.165) is 37.3 Å². The van der Waals surface area contributed by atoms with E-state index in [0.29, 0.717) is 0 Å². The predicted octanol–water partition coefficient (Wildman–Crippen LogP) is 5.43. The SMILES string of the molecule is CCN(CC)C(=O)c1ccc(Cc2cccc(NCc3cccs3)c2)cc1. The minimum Gasteiger partial charge on any atom is -0.380 e. The van der Waals surface area contributed by atoms with Crippen molar-refractivity contribution in [1.29, 1.82) is 0 Å². The number of rotatable bonds is 8. The van der Waals surface area contributed by atoms with Crippen LogP contribution < -0.4 is 5.32 Å². The first-order valence-corrected chi connectivity index (χ1v) is 10.3. The van der Waals surface area contributed by atoms with Crippen molar-refractivity contribution < 1.29 is 4.79 Å². The van der Waals surface area contributed by atoms with Crippen LogP contribution >= 0.6 is 11.3 Å². The molecule has 0 aliphatic rings. The fraction of sp³-hybridized carbons (Fsp3) is 0.261. The normalized spacial score (nSPS) is 10.6. The molecule has 3 rings (SSSR count). The number of carbonyl (C=O) groups excluding carboxylic acids is 1. The molecule has 27 heavy (non-hydrogen) atoms. The van der Waals surface area contributed by atoms with Crippen molar-refractivity contribution in [2.24, 2.45) is 0 Å². The summed E-state index contributed by atoms with van der Waals surface area (Å²) < 4.78 is 0. The van der Waals surface area contributed by atoms with Crippen molar-refractivity contribution in [3.63, 3.8) is 0 Å². The van der Waals surface area contributed by atoms with Crippen molar-refractivity contribution in [2.45, 2.75) is 26.8 Å². The standard InChI is InChI=1S/C23H26N2OS/c1-3-25(4-2)23(26)20-12-10-18(11-13-20)15-19-7-5-8-21(16-19)24-17-22-9-6-14-27-22/h5-14,16,24H,3-4,15,17H2,1-2H3. The maximum absolute atomic E-state index is 12.4. The van der Waals surface area contributed by atoms with Gasteiger partial charge in [-0.25, -0.2) is 0 Å². The fourth-order valence-corrected chi connectivity index (χ4v) is 3.73. The van der Waals surface area contributed by atoms with Crippen molar-refractivity contribution in [1.82, 2.24) is 4.90 Å². The van der Waals surface area contributed by atoms with Gasteiger partial charge in [0.2, 0.25) is 0 Å². The zero-order valence-electron chi connectivity index (χ0n) is 15.9. The molecule has 1 N–H and O–H groups in total. The summed E-state index contributed by atoms with van der Waals surface area (Å²) >= 11 is 1.76. The molecule has 0 fully saturated rings. The van der Waals surface area contributed by atoms with Gasteiger partial charge in [0.05, 0.1) is 0 Å². The Morgan fingerprint density at radius 3 is 2.41 bits per heavy atom. The molecule has 0 bridgehead atoms. The average molecular weight is 379 g/mol. The van der Waals surface area contributed by atoms with E-state index in [-0.39, 0.29) is 5.91 Å². The third-order valence-corrected chi connectivity index (χ3v) is 5.51. The first-order valence-electron chi connectivity index (χ1n) is 9.43. The number of nitrogens with one attached hydrogen (secondary N) is 1. The predicted molar refractivity (Wildman–Crippen MR) is 115 cm³/mol. The number of hydrogen-bond donors (Lipinski definition) is 1. The monoisotopic (exact) mass is 378 g/mol. The van der Waals surface area contributed by atoms with Gasteiger partial charge in [-0.15, -0.1) is 11.3 Å². The number of amides is 1. The molecule has 3 aromatic rings. The van der Waals surface area contributed by atoms with Gasteiger partial charge in [0.15, 0.2) is 0 Å². The molecule has 0 saturated carbocycles. The smallest absolute Gasteiger partial charge is 0.253 e. The molecule has 1 aromatic heterocycles. The summed E-state index contributed by atoms with van der Waals surface area (Å²) in [6.07, 6.45) is 0.855. The zero-order valence-corrected chi connectivity index (χ0v) is 16.8. The zero-order chi connectivity index (χ0) is 19.1. The molecule has 1 heterocycles. The van der Waals surface area contributed by atoms with E-state index in [1.54, 1.807) is 11.3 Å². The lowest BCUT2D eigenvalue weighted by Crippen LogP contribution is -2.30. The molecule has 3 nitrogen and oxygen atoms in total. The number of benzene rings is 2. The fourth-order valence-electron chi connectivity index (χ4n) is 3.09. The summed E-state index contributed by atoms with van der Waals surface area (Å²) in [5.74, 6) is 0.103. The summed E-state index contributed by atoms with van der Waals surface area (Å²) in [4.78, 5) is 15.6. The number of thiophene rings is 1. The molecule has 2 aromatic carbocycles. The Kier molecular flexibility index (Phi) is 6.66. The largest absolute Gasteiger partial charge is 0.380 e. The first kappa shape index (κ1) is 19.2. The second-order valence-corrected chi connectivity index (χ2v) is 7.52. The highest BCUT2D eigenvalue weighted by Gasteiger charge is 2.11. The van der Waals surface area contributed by atoms with Gasteiger partial charge >= 0.3 is 0 Å². The number of anilines is 1. The Balaban J connectivity index is 1.63. The van der Waals surface area contributed by atoms with Gasteiger partial charge in [0.1, 0.15) is 0 Å². The van der Waals surface area contributed by atoms with E-state index in [4.69, 9.17) is 0 Å². The van der Waals surface area contributed by atoms with Crippen LogP contribution in [0.4, 0.5) is 5.69 Å². The Bertz CT molecular complexity index is 852. The highest BCUT2D eigenvalue weighted by Crippen LogP contribution is 2.18. The molecule has 0 atom stereocenters. The van der Waals surface area contributed by atoms with Gasteiger partial charge in [-0.05, 0) is 67.1 Å². The Morgan fingerprint density at radius 2 is 1.74 bits per heavy atom. The van der Waals surface area contributed by atoms with Crippen LogP contribution in [-0.2, 0) is 13.0 Å². The third-order valence-electron chi connectivity index (χ3n) is 4.63. The van der Waals surface area contributed by atoms with Crippen LogP contribution in [0.2, 0.25) is 0 Å². The lowest BCUT2D eigenvalue weighted by Gasteiger charge is -2.18.